The maximum absolute atomic E-state index is 12.0. The minimum Gasteiger partial charge on any atom is -0.511 e. The molecule has 2 rings (SSSR count). The SMILES string of the molecule is CCCC(C(=O)O)C1(c2ccccc2)CC(O)=C(Br)C(=O)O1. The Labute approximate surface area is 136 Å². The van der Waals surface area contributed by atoms with Gasteiger partial charge in [0.2, 0.25) is 0 Å². The average molecular weight is 369 g/mol. The van der Waals surface area contributed by atoms with Crippen molar-refractivity contribution in [1.29, 1.82) is 0 Å². The number of halogens is 1. The number of aliphatic hydroxyl groups excluding tert-OH is 1. The van der Waals surface area contributed by atoms with Crippen LogP contribution >= 0.6 is 15.9 Å². The lowest BCUT2D eigenvalue weighted by atomic mass is 9.75. The third kappa shape index (κ3) is 2.88. The summed E-state index contributed by atoms with van der Waals surface area (Å²) in [6.45, 7) is 1.87. The highest BCUT2D eigenvalue weighted by Crippen LogP contribution is 2.46. The van der Waals surface area contributed by atoms with Gasteiger partial charge in [-0.15, -0.1) is 0 Å². The first-order chi connectivity index (χ1) is 10.4. The Morgan fingerprint density at radius 2 is 2.05 bits per heavy atom. The fourth-order valence-electron chi connectivity index (χ4n) is 2.81. The lowest BCUT2D eigenvalue weighted by molar-refractivity contribution is -0.176. The number of aliphatic carboxylic acids is 1. The fraction of sp³-hybridized carbons (Fsp3) is 0.375. The molecule has 0 aromatic heterocycles. The summed E-state index contributed by atoms with van der Waals surface area (Å²) in [6, 6.07) is 8.72. The van der Waals surface area contributed by atoms with Crippen LogP contribution in [0.25, 0.3) is 0 Å². The van der Waals surface area contributed by atoms with Crippen molar-refractivity contribution in [2.24, 2.45) is 5.92 Å². The molecule has 2 unspecified atom stereocenters. The Hall–Kier alpha value is -1.82. The van der Waals surface area contributed by atoms with Crippen LogP contribution in [0.5, 0.6) is 0 Å². The van der Waals surface area contributed by atoms with E-state index in [-0.39, 0.29) is 16.7 Å². The number of carbonyl (C=O) groups excluding carboxylic acids is 1. The molecular formula is C16H17BrO5. The normalized spacial score (nSPS) is 23.1. The molecule has 1 aromatic rings. The van der Waals surface area contributed by atoms with Gasteiger partial charge in [0, 0.05) is 0 Å². The summed E-state index contributed by atoms with van der Waals surface area (Å²) in [5.41, 5.74) is -0.836. The highest BCUT2D eigenvalue weighted by molar-refractivity contribution is 9.12. The summed E-state index contributed by atoms with van der Waals surface area (Å²) in [4.78, 5) is 23.8. The number of hydrogen-bond acceptors (Lipinski definition) is 4. The van der Waals surface area contributed by atoms with E-state index in [1.165, 1.54) is 0 Å². The van der Waals surface area contributed by atoms with E-state index in [0.717, 1.165) is 0 Å². The molecule has 0 bridgehead atoms. The number of hydrogen-bond donors (Lipinski definition) is 2. The number of carboxylic acid groups (broad SMARTS) is 1. The second-order valence-electron chi connectivity index (χ2n) is 5.26. The Morgan fingerprint density at radius 1 is 1.41 bits per heavy atom. The van der Waals surface area contributed by atoms with Gasteiger partial charge in [-0.1, -0.05) is 43.7 Å². The van der Waals surface area contributed by atoms with Crippen LogP contribution in [0.4, 0.5) is 0 Å². The molecule has 0 fully saturated rings. The van der Waals surface area contributed by atoms with Crippen molar-refractivity contribution in [2.45, 2.75) is 31.8 Å². The third-order valence-electron chi connectivity index (χ3n) is 3.84. The predicted molar refractivity (Wildman–Crippen MR) is 83.4 cm³/mol. The molecule has 22 heavy (non-hydrogen) atoms. The molecule has 6 heteroatoms. The van der Waals surface area contributed by atoms with Gasteiger partial charge in [-0.2, -0.15) is 0 Å². The van der Waals surface area contributed by atoms with Gasteiger partial charge in [0.05, 0.1) is 6.42 Å². The van der Waals surface area contributed by atoms with Gasteiger partial charge in [0.15, 0.2) is 5.60 Å². The molecule has 0 saturated carbocycles. The fourth-order valence-corrected chi connectivity index (χ4v) is 3.03. The zero-order chi connectivity index (χ0) is 16.3. The van der Waals surface area contributed by atoms with Crippen LogP contribution in [0.15, 0.2) is 40.6 Å². The standard InChI is InChI=1S/C16H17BrO5/c1-2-6-11(14(19)20)16(10-7-4-3-5-8-10)9-12(18)13(17)15(21)22-16/h3-5,7-8,11,18H,2,6,9H2,1H3,(H,19,20). The Bertz CT molecular complexity index is 610. The zero-order valence-electron chi connectivity index (χ0n) is 12.1. The van der Waals surface area contributed by atoms with Crippen molar-refractivity contribution < 1.29 is 24.5 Å². The van der Waals surface area contributed by atoms with Crippen LogP contribution < -0.4 is 0 Å². The topological polar surface area (TPSA) is 83.8 Å². The minimum atomic E-state index is -1.40. The third-order valence-corrected chi connectivity index (χ3v) is 4.62. The number of carboxylic acids is 1. The summed E-state index contributed by atoms with van der Waals surface area (Å²) in [7, 11) is 0. The molecule has 1 heterocycles. The van der Waals surface area contributed by atoms with Gasteiger partial charge >= 0.3 is 11.9 Å². The Balaban J connectivity index is 2.61. The van der Waals surface area contributed by atoms with Crippen molar-refractivity contribution in [3.8, 4) is 0 Å². The first kappa shape index (κ1) is 16.5. The summed E-state index contributed by atoms with van der Waals surface area (Å²) in [6.07, 6.45) is 0.886. The zero-order valence-corrected chi connectivity index (χ0v) is 13.7. The average Bonchev–Trinajstić information content (AvgIpc) is 2.50. The van der Waals surface area contributed by atoms with Crippen LogP contribution in [0.1, 0.15) is 31.7 Å². The van der Waals surface area contributed by atoms with E-state index in [4.69, 9.17) is 4.74 Å². The second-order valence-corrected chi connectivity index (χ2v) is 6.05. The Kier molecular flexibility index (Phi) is 4.90. The first-order valence-corrected chi connectivity index (χ1v) is 7.81. The van der Waals surface area contributed by atoms with Crippen LogP contribution in [0.2, 0.25) is 0 Å². The summed E-state index contributed by atoms with van der Waals surface area (Å²) in [5.74, 6) is -2.94. The van der Waals surface area contributed by atoms with Crippen molar-refractivity contribution >= 4 is 27.9 Å². The Morgan fingerprint density at radius 3 is 2.55 bits per heavy atom. The van der Waals surface area contributed by atoms with Crippen molar-refractivity contribution in [1.82, 2.24) is 0 Å². The number of benzene rings is 1. The number of cyclic esters (lactones) is 1. The number of esters is 1. The first-order valence-electron chi connectivity index (χ1n) is 7.01. The predicted octanol–water partition coefficient (Wildman–Crippen LogP) is 3.49. The lowest BCUT2D eigenvalue weighted by Gasteiger charge is -2.40. The molecule has 0 amide bonds. The van der Waals surface area contributed by atoms with E-state index in [2.05, 4.69) is 15.9 Å². The summed E-state index contributed by atoms with van der Waals surface area (Å²) in [5, 5.41) is 19.7. The molecule has 0 saturated heterocycles. The number of aliphatic hydroxyl groups is 1. The van der Waals surface area contributed by atoms with Crippen LogP contribution in [0, 0.1) is 5.92 Å². The molecular weight excluding hydrogens is 352 g/mol. The largest absolute Gasteiger partial charge is 0.511 e. The lowest BCUT2D eigenvalue weighted by Crippen LogP contribution is -2.46. The monoisotopic (exact) mass is 368 g/mol. The van der Waals surface area contributed by atoms with Crippen LogP contribution in [-0.4, -0.2) is 22.2 Å². The van der Waals surface area contributed by atoms with E-state index in [9.17, 15) is 19.8 Å². The second kappa shape index (κ2) is 6.52. The maximum Gasteiger partial charge on any atom is 0.349 e. The van der Waals surface area contributed by atoms with Gasteiger partial charge in [0.1, 0.15) is 16.2 Å². The van der Waals surface area contributed by atoms with E-state index in [1.807, 2.05) is 6.92 Å². The highest BCUT2D eigenvalue weighted by atomic mass is 79.9. The number of rotatable bonds is 5. The minimum absolute atomic E-state index is 0.0558. The molecule has 2 atom stereocenters. The summed E-state index contributed by atoms with van der Waals surface area (Å²) >= 11 is 2.98. The van der Waals surface area contributed by atoms with Crippen molar-refractivity contribution in [3.05, 3.63) is 46.1 Å². The van der Waals surface area contributed by atoms with Crippen molar-refractivity contribution in [3.63, 3.8) is 0 Å². The van der Waals surface area contributed by atoms with E-state index in [1.54, 1.807) is 30.3 Å². The summed E-state index contributed by atoms with van der Waals surface area (Å²) < 4.78 is 5.48. The van der Waals surface area contributed by atoms with Gasteiger partial charge in [0.25, 0.3) is 0 Å². The molecule has 1 aliphatic rings. The molecule has 118 valence electrons. The van der Waals surface area contributed by atoms with Gasteiger partial charge in [-0.05, 0) is 27.9 Å². The van der Waals surface area contributed by atoms with Crippen molar-refractivity contribution in [2.75, 3.05) is 0 Å². The van der Waals surface area contributed by atoms with Gasteiger partial charge in [-0.25, -0.2) is 4.79 Å². The van der Waals surface area contributed by atoms with Crippen LogP contribution in [-0.2, 0) is 19.9 Å². The van der Waals surface area contributed by atoms with Crippen LogP contribution in [0.3, 0.4) is 0 Å². The van der Waals surface area contributed by atoms with Gasteiger partial charge in [-0.3, -0.25) is 4.79 Å². The number of ether oxygens (including phenoxy) is 1. The molecule has 0 aliphatic carbocycles. The maximum atomic E-state index is 12.0. The quantitative estimate of drug-likeness (QED) is 0.777. The van der Waals surface area contributed by atoms with E-state index >= 15 is 0 Å². The molecule has 0 radical (unpaired) electrons. The molecule has 0 spiro atoms. The highest BCUT2D eigenvalue weighted by Gasteiger charge is 2.51. The van der Waals surface area contributed by atoms with Gasteiger partial charge < -0.3 is 14.9 Å². The van der Waals surface area contributed by atoms with E-state index < -0.39 is 23.5 Å². The smallest absolute Gasteiger partial charge is 0.349 e. The molecule has 1 aromatic carbocycles. The molecule has 5 nitrogen and oxygen atoms in total. The number of carbonyl (C=O) groups is 2. The van der Waals surface area contributed by atoms with E-state index in [0.29, 0.717) is 18.4 Å². The molecule has 1 aliphatic heterocycles. The molecule has 2 N–H and O–H groups in total.